The van der Waals surface area contributed by atoms with E-state index in [-0.39, 0.29) is 18.1 Å². The van der Waals surface area contributed by atoms with Crippen molar-refractivity contribution in [2.75, 3.05) is 46.4 Å². The van der Waals surface area contributed by atoms with Crippen LogP contribution in [-0.2, 0) is 14.3 Å². The quantitative estimate of drug-likeness (QED) is 0.828. The minimum absolute atomic E-state index is 0.0586. The minimum Gasteiger partial charge on any atom is -0.444 e. The van der Waals surface area contributed by atoms with Gasteiger partial charge >= 0.3 is 6.09 Å². The summed E-state index contributed by atoms with van der Waals surface area (Å²) in [5.41, 5.74) is -0.447. The van der Waals surface area contributed by atoms with Gasteiger partial charge < -0.3 is 19.7 Å². The maximum absolute atomic E-state index is 12.1. The largest absolute Gasteiger partial charge is 0.444 e. The van der Waals surface area contributed by atoms with E-state index in [4.69, 9.17) is 9.47 Å². The van der Waals surface area contributed by atoms with E-state index >= 15 is 0 Å². The lowest BCUT2D eigenvalue weighted by Gasteiger charge is -2.32. The fourth-order valence-corrected chi connectivity index (χ4v) is 3.15. The van der Waals surface area contributed by atoms with Crippen LogP contribution >= 0.6 is 0 Å². The molecule has 7 nitrogen and oxygen atoms in total. The monoisotopic (exact) mass is 341 g/mol. The van der Waals surface area contributed by atoms with Crippen LogP contribution in [0.25, 0.3) is 0 Å². The highest BCUT2D eigenvalue weighted by atomic mass is 16.6. The van der Waals surface area contributed by atoms with Crippen molar-refractivity contribution in [1.82, 2.24) is 15.1 Å². The minimum atomic E-state index is -0.447. The molecule has 0 aromatic carbocycles. The van der Waals surface area contributed by atoms with E-state index in [0.29, 0.717) is 19.1 Å². The molecule has 2 saturated heterocycles. The molecule has 0 aromatic heterocycles. The SMILES string of the molecule is CNC(=O)C1CN(CCC2CCN(C(=O)OC(C)(C)C)C2)CCO1. The molecule has 2 rings (SSSR count). The number of likely N-dealkylation sites (N-methyl/N-ethyl adjacent to an activating group) is 1. The number of amides is 2. The van der Waals surface area contributed by atoms with Crippen LogP contribution in [0, 0.1) is 5.92 Å². The number of nitrogens with zero attached hydrogens (tertiary/aromatic N) is 2. The van der Waals surface area contributed by atoms with Crippen LogP contribution in [0.15, 0.2) is 0 Å². The summed E-state index contributed by atoms with van der Waals surface area (Å²) in [6, 6.07) is 0. The summed E-state index contributed by atoms with van der Waals surface area (Å²) >= 11 is 0. The first kappa shape index (κ1) is 19.0. The molecule has 0 aliphatic carbocycles. The van der Waals surface area contributed by atoms with Crippen molar-refractivity contribution < 1.29 is 19.1 Å². The summed E-state index contributed by atoms with van der Waals surface area (Å²) < 4.78 is 10.9. The number of carbonyl (C=O) groups is 2. The molecule has 0 spiro atoms. The van der Waals surface area contributed by atoms with E-state index in [1.165, 1.54) is 0 Å². The number of rotatable bonds is 4. The van der Waals surface area contributed by atoms with Gasteiger partial charge in [0.2, 0.25) is 5.91 Å². The molecule has 0 radical (unpaired) electrons. The summed E-state index contributed by atoms with van der Waals surface area (Å²) in [7, 11) is 1.63. The third-order valence-electron chi connectivity index (χ3n) is 4.48. The molecule has 2 aliphatic rings. The van der Waals surface area contributed by atoms with Gasteiger partial charge in [-0.3, -0.25) is 9.69 Å². The van der Waals surface area contributed by atoms with E-state index in [0.717, 1.165) is 39.0 Å². The van der Waals surface area contributed by atoms with Crippen LogP contribution in [0.5, 0.6) is 0 Å². The molecule has 2 fully saturated rings. The first-order valence-electron chi connectivity index (χ1n) is 8.82. The summed E-state index contributed by atoms with van der Waals surface area (Å²) in [5, 5.41) is 2.64. The lowest BCUT2D eigenvalue weighted by atomic mass is 10.0. The Morgan fingerprint density at radius 3 is 2.67 bits per heavy atom. The Labute approximate surface area is 144 Å². The van der Waals surface area contributed by atoms with Gasteiger partial charge in [0.1, 0.15) is 11.7 Å². The van der Waals surface area contributed by atoms with E-state index in [1.807, 2.05) is 25.7 Å². The molecule has 24 heavy (non-hydrogen) atoms. The Kier molecular flexibility index (Phi) is 6.46. The molecular formula is C17H31N3O4. The molecular weight excluding hydrogens is 310 g/mol. The van der Waals surface area contributed by atoms with Crippen LogP contribution in [0.2, 0.25) is 0 Å². The van der Waals surface area contributed by atoms with Crippen molar-refractivity contribution >= 4 is 12.0 Å². The number of hydrogen-bond acceptors (Lipinski definition) is 5. The average molecular weight is 341 g/mol. The number of morpholine rings is 1. The molecule has 0 saturated carbocycles. The normalized spacial score (nSPS) is 25.6. The fraction of sp³-hybridized carbons (Fsp3) is 0.882. The van der Waals surface area contributed by atoms with E-state index in [1.54, 1.807) is 7.05 Å². The van der Waals surface area contributed by atoms with Crippen LogP contribution in [0.1, 0.15) is 33.6 Å². The summed E-state index contributed by atoms with van der Waals surface area (Å²) in [6.07, 6.45) is 1.46. The van der Waals surface area contributed by atoms with Crippen LogP contribution in [0.4, 0.5) is 4.79 Å². The molecule has 2 amide bonds. The second kappa shape index (κ2) is 8.16. The molecule has 0 aromatic rings. The van der Waals surface area contributed by atoms with Crippen LogP contribution in [0.3, 0.4) is 0 Å². The third kappa shape index (κ3) is 5.63. The Morgan fingerprint density at radius 1 is 1.25 bits per heavy atom. The van der Waals surface area contributed by atoms with Crippen molar-refractivity contribution in [3.05, 3.63) is 0 Å². The van der Waals surface area contributed by atoms with Crippen LogP contribution in [-0.4, -0.2) is 79.9 Å². The van der Waals surface area contributed by atoms with Crippen LogP contribution < -0.4 is 5.32 Å². The Morgan fingerprint density at radius 2 is 2.00 bits per heavy atom. The average Bonchev–Trinajstić information content (AvgIpc) is 3.00. The van der Waals surface area contributed by atoms with E-state index < -0.39 is 5.60 Å². The second-order valence-corrected chi connectivity index (χ2v) is 7.64. The van der Waals surface area contributed by atoms with Gasteiger partial charge in [0, 0.05) is 33.2 Å². The fourth-order valence-electron chi connectivity index (χ4n) is 3.15. The molecule has 0 bridgehead atoms. The highest BCUT2D eigenvalue weighted by molar-refractivity contribution is 5.80. The summed E-state index contributed by atoms with van der Waals surface area (Å²) in [5.74, 6) is 0.440. The molecule has 1 N–H and O–H groups in total. The number of likely N-dealkylation sites (tertiary alicyclic amines) is 1. The van der Waals surface area contributed by atoms with Gasteiger partial charge in [0.05, 0.1) is 6.61 Å². The van der Waals surface area contributed by atoms with Gasteiger partial charge in [-0.1, -0.05) is 0 Å². The van der Waals surface area contributed by atoms with Gasteiger partial charge in [-0.15, -0.1) is 0 Å². The standard InChI is InChI=1S/C17H31N3O4/c1-17(2,3)24-16(22)20-8-6-13(11-20)5-7-19-9-10-23-14(12-19)15(21)18-4/h13-14H,5-12H2,1-4H3,(H,18,21). The van der Waals surface area contributed by atoms with E-state index in [2.05, 4.69) is 10.2 Å². The highest BCUT2D eigenvalue weighted by Crippen LogP contribution is 2.22. The molecule has 7 heteroatoms. The predicted molar refractivity (Wildman–Crippen MR) is 90.8 cm³/mol. The van der Waals surface area contributed by atoms with Crippen molar-refractivity contribution in [1.29, 1.82) is 0 Å². The number of hydrogen-bond donors (Lipinski definition) is 1. The van der Waals surface area contributed by atoms with Gasteiger partial charge in [-0.05, 0) is 46.1 Å². The first-order chi connectivity index (χ1) is 11.3. The van der Waals surface area contributed by atoms with Crippen molar-refractivity contribution in [2.45, 2.75) is 45.3 Å². The maximum atomic E-state index is 12.1. The summed E-state index contributed by atoms with van der Waals surface area (Å²) in [6.45, 7) is 10.2. The Bertz CT molecular complexity index is 450. The first-order valence-corrected chi connectivity index (χ1v) is 8.82. The zero-order valence-corrected chi connectivity index (χ0v) is 15.3. The Hall–Kier alpha value is -1.34. The van der Waals surface area contributed by atoms with Gasteiger partial charge in [-0.2, -0.15) is 0 Å². The van der Waals surface area contributed by atoms with Gasteiger partial charge in [0.15, 0.2) is 0 Å². The zero-order chi connectivity index (χ0) is 17.7. The number of carbonyl (C=O) groups excluding carboxylic acids is 2. The second-order valence-electron chi connectivity index (χ2n) is 7.64. The Balaban J connectivity index is 1.72. The highest BCUT2D eigenvalue weighted by Gasteiger charge is 2.31. The maximum Gasteiger partial charge on any atom is 0.410 e. The zero-order valence-electron chi connectivity index (χ0n) is 15.3. The molecule has 2 heterocycles. The smallest absolute Gasteiger partial charge is 0.410 e. The number of ether oxygens (including phenoxy) is 2. The summed E-state index contributed by atoms with van der Waals surface area (Å²) in [4.78, 5) is 27.9. The molecule has 2 atom stereocenters. The van der Waals surface area contributed by atoms with Gasteiger partial charge in [-0.25, -0.2) is 4.79 Å². The van der Waals surface area contributed by atoms with Crippen molar-refractivity contribution in [3.63, 3.8) is 0 Å². The van der Waals surface area contributed by atoms with Gasteiger partial charge in [0.25, 0.3) is 0 Å². The lowest BCUT2D eigenvalue weighted by Crippen LogP contribution is -2.49. The molecule has 138 valence electrons. The van der Waals surface area contributed by atoms with Crippen molar-refractivity contribution in [2.24, 2.45) is 5.92 Å². The topological polar surface area (TPSA) is 71.1 Å². The van der Waals surface area contributed by atoms with E-state index in [9.17, 15) is 9.59 Å². The predicted octanol–water partition coefficient (Wildman–Crippen LogP) is 1.08. The van der Waals surface area contributed by atoms with Crippen molar-refractivity contribution in [3.8, 4) is 0 Å². The lowest BCUT2D eigenvalue weighted by molar-refractivity contribution is -0.138. The molecule has 2 aliphatic heterocycles. The third-order valence-corrected chi connectivity index (χ3v) is 4.48. The molecule has 2 unspecified atom stereocenters. The number of nitrogens with one attached hydrogen (secondary N) is 1.